The Kier molecular flexibility index (Phi) is 6.19. The van der Waals surface area contributed by atoms with Crippen molar-refractivity contribution in [2.75, 3.05) is 20.8 Å². The number of Topliss-reactive ketones (excluding diaryl/α,β-unsaturated/α-hetero) is 1. The highest BCUT2D eigenvalue weighted by Gasteiger charge is 2.21. The van der Waals surface area contributed by atoms with Gasteiger partial charge < -0.3 is 18.9 Å². The van der Waals surface area contributed by atoms with Crippen LogP contribution in [0.15, 0.2) is 42.6 Å². The topological polar surface area (TPSA) is 84.0 Å². The third kappa shape index (κ3) is 4.25. The highest BCUT2D eigenvalue weighted by Crippen LogP contribution is 2.37. The standard InChI is InChI=1S/C21H18ClNO6/c1-4-28-21(25)20(24)13-6-5-12(9-15(13)22)29-17-7-8-23-16-11-19(27-3)18(26-2)10-14(16)17/h5-11H,4H2,1-3H3. The van der Waals surface area contributed by atoms with E-state index in [4.69, 9.17) is 30.5 Å². The Balaban J connectivity index is 1.94. The van der Waals surface area contributed by atoms with Gasteiger partial charge in [-0.3, -0.25) is 9.78 Å². The molecule has 3 aromatic rings. The van der Waals surface area contributed by atoms with Gasteiger partial charge in [-0.2, -0.15) is 0 Å². The lowest BCUT2D eigenvalue weighted by molar-refractivity contribution is -0.137. The third-order valence-corrected chi connectivity index (χ3v) is 4.39. The van der Waals surface area contributed by atoms with Crippen LogP contribution in [0.4, 0.5) is 0 Å². The number of ketones is 1. The monoisotopic (exact) mass is 415 g/mol. The lowest BCUT2D eigenvalue weighted by atomic mass is 10.1. The normalized spacial score (nSPS) is 10.5. The van der Waals surface area contributed by atoms with Gasteiger partial charge in [0.15, 0.2) is 11.5 Å². The van der Waals surface area contributed by atoms with Crippen LogP contribution in [0.2, 0.25) is 5.02 Å². The van der Waals surface area contributed by atoms with Crippen molar-refractivity contribution >= 4 is 34.3 Å². The number of fused-ring (bicyclic) bond motifs is 1. The van der Waals surface area contributed by atoms with Gasteiger partial charge in [0.1, 0.15) is 11.5 Å². The maximum Gasteiger partial charge on any atom is 0.379 e. The Morgan fingerprint density at radius 3 is 2.38 bits per heavy atom. The van der Waals surface area contributed by atoms with Crippen molar-refractivity contribution in [2.45, 2.75) is 6.92 Å². The van der Waals surface area contributed by atoms with Crippen molar-refractivity contribution in [1.82, 2.24) is 4.98 Å². The summed E-state index contributed by atoms with van der Waals surface area (Å²) in [5.41, 5.74) is 0.698. The van der Waals surface area contributed by atoms with Crippen LogP contribution in [0.25, 0.3) is 10.9 Å². The zero-order valence-corrected chi connectivity index (χ0v) is 16.8. The Morgan fingerprint density at radius 1 is 1.00 bits per heavy atom. The number of ether oxygens (including phenoxy) is 4. The van der Waals surface area contributed by atoms with E-state index in [0.717, 1.165) is 0 Å². The minimum Gasteiger partial charge on any atom is -0.493 e. The van der Waals surface area contributed by atoms with Gasteiger partial charge in [0.25, 0.3) is 5.78 Å². The number of aromatic nitrogens is 1. The summed E-state index contributed by atoms with van der Waals surface area (Å²) in [6, 6.07) is 9.63. The summed E-state index contributed by atoms with van der Waals surface area (Å²) in [4.78, 5) is 28.1. The van der Waals surface area contributed by atoms with Crippen molar-refractivity contribution in [3.8, 4) is 23.0 Å². The van der Waals surface area contributed by atoms with Crippen LogP contribution in [-0.2, 0) is 9.53 Å². The fourth-order valence-corrected chi connectivity index (χ4v) is 2.97. The molecule has 8 heteroatoms. The maximum absolute atomic E-state index is 12.1. The quantitative estimate of drug-likeness (QED) is 0.320. The molecule has 0 saturated carbocycles. The fourth-order valence-electron chi connectivity index (χ4n) is 2.71. The number of hydrogen-bond acceptors (Lipinski definition) is 7. The van der Waals surface area contributed by atoms with E-state index >= 15 is 0 Å². The molecule has 0 spiro atoms. The van der Waals surface area contributed by atoms with Gasteiger partial charge >= 0.3 is 5.97 Å². The Hall–Kier alpha value is -3.32. The first kappa shape index (κ1) is 20.4. The lowest BCUT2D eigenvalue weighted by Crippen LogP contribution is -2.17. The van der Waals surface area contributed by atoms with Crippen LogP contribution in [0.5, 0.6) is 23.0 Å². The molecule has 0 fully saturated rings. The average Bonchev–Trinajstić information content (AvgIpc) is 2.72. The van der Waals surface area contributed by atoms with Gasteiger partial charge in [-0.15, -0.1) is 0 Å². The van der Waals surface area contributed by atoms with E-state index in [-0.39, 0.29) is 17.2 Å². The van der Waals surface area contributed by atoms with Crippen LogP contribution in [0.1, 0.15) is 17.3 Å². The smallest absolute Gasteiger partial charge is 0.379 e. The van der Waals surface area contributed by atoms with Crippen LogP contribution < -0.4 is 14.2 Å². The first-order valence-electron chi connectivity index (χ1n) is 8.68. The molecule has 0 amide bonds. The van der Waals surface area contributed by atoms with Crippen molar-refractivity contribution in [3.63, 3.8) is 0 Å². The molecule has 29 heavy (non-hydrogen) atoms. The molecule has 0 radical (unpaired) electrons. The molecule has 7 nitrogen and oxygen atoms in total. The van der Waals surface area contributed by atoms with Crippen molar-refractivity contribution in [1.29, 1.82) is 0 Å². The second kappa shape index (κ2) is 8.79. The summed E-state index contributed by atoms with van der Waals surface area (Å²) in [5, 5.41) is 0.783. The highest BCUT2D eigenvalue weighted by molar-refractivity contribution is 6.45. The van der Waals surface area contributed by atoms with Crippen LogP contribution in [0, 0.1) is 0 Å². The zero-order valence-electron chi connectivity index (χ0n) is 16.0. The summed E-state index contributed by atoms with van der Waals surface area (Å²) in [7, 11) is 3.09. The fraction of sp³-hybridized carbons (Fsp3) is 0.190. The van der Waals surface area contributed by atoms with Crippen molar-refractivity contribution in [2.24, 2.45) is 0 Å². The Labute approximate surface area is 172 Å². The summed E-state index contributed by atoms with van der Waals surface area (Å²) in [6.45, 7) is 1.72. The molecule has 0 bridgehead atoms. The maximum atomic E-state index is 12.1. The number of rotatable bonds is 7. The second-order valence-corrected chi connectivity index (χ2v) is 6.23. The van der Waals surface area contributed by atoms with Crippen molar-refractivity contribution < 1.29 is 28.5 Å². The molecule has 0 aliphatic heterocycles. The van der Waals surface area contributed by atoms with Gasteiger partial charge in [-0.25, -0.2) is 4.79 Å². The highest BCUT2D eigenvalue weighted by atomic mass is 35.5. The molecule has 150 valence electrons. The predicted octanol–water partition coefficient (Wildman–Crippen LogP) is 4.44. The average molecular weight is 416 g/mol. The van der Waals surface area contributed by atoms with E-state index in [2.05, 4.69) is 4.98 Å². The molecule has 0 unspecified atom stereocenters. The van der Waals surface area contributed by atoms with E-state index in [9.17, 15) is 9.59 Å². The number of pyridine rings is 1. The number of hydrogen-bond donors (Lipinski definition) is 0. The van der Waals surface area contributed by atoms with E-state index in [1.54, 1.807) is 51.6 Å². The molecular weight excluding hydrogens is 398 g/mol. The molecule has 0 aliphatic rings. The number of benzene rings is 2. The molecule has 0 aliphatic carbocycles. The van der Waals surface area contributed by atoms with Gasteiger partial charge in [0.2, 0.25) is 0 Å². The SMILES string of the molecule is CCOC(=O)C(=O)c1ccc(Oc2ccnc3cc(OC)c(OC)cc23)cc1Cl. The van der Waals surface area contributed by atoms with Crippen LogP contribution in [-0.4, -0.2) is 37.6 Å². The molecular formula is C21H18ClNO6. The summed E-state index contributed by atoms with van der Waals surface area (Å²) < 4.78 is 21.3. The molecule has 0 atom stereocenters. The second-order valence-electron chi connectivity index (χ2n) is 5.83. The first-order chi connectivity index (χ1) is 14.0. The predicted molar refractivity (Wildman–Crippen MR) is 107 cm³/mol. The van der Waals surface area contributed by atoms with Crippen molar-refractivity contribution in [3.05, 3.63) is 53.2 Å². The minimum absolute atomic E-state index is 0.0449. The minimum atomic E-state index is -0.954. The number of halogens is 1. The number of carbonyl (C=O) groups excluding carboxylic acids is 2. The number of esters is 1. The first-order valence-corrected chi connectivity index (χ1v) is 9.05. The van der Waals surface area contributed by atoms with E-state index in [1.165, 1.54) is 12.1 Å². The summed E-state index contributed by atoms with van der Waals surface area (Å²) in [6.07, 6.45) is 1.60. The third-order valence-electron chi connectivity index (χ3n) is 4.08. The summed E-state index contributed by atoms with van der Waals surface area (Å²) >= 11 is 6.18. The number of nitrogens with zero attached hydrogens (tertiary/aromatic N) is 1. The van der Waals surface area contributed by atoms with E-state index in [1.807, 2.05) is 0 Å². The molecule has 1 heterocycles. The van der Waals surface area contributed by atoms with E-state index in [0.29, 0.717) is 33.9 Å². The molecule has 0 N–H and O–H groups in total. The zero-order chi connectivity index (χ0) is 21.0. The van der Waals surface area contributed by atoms with Crippen LogP contribution >= 0.6 is 11.6 Å². The van der Waals surface area contributed by atoms with Crippen LogP contribution in [0.3, 0.4) is 0 Å². The lowest BCUT2D eigenvalue weighted by Gasteiger charge is -2.13. The van der Waals surface area contributed by atoms with Gasteiger partial charge in [-0.1, -0.05) is 11.6 Å². The summed E-state index contributed by atoms with van der Waals surface area (Å²) in [5.74, 6) is 0.216. The molecule has 1 aromatic heterocycles. The number of methoxy groups -OCH3 is 2. The molecule has 0 saturated heterocycles. The Morgan fingerprint density at radius 2 is 1.72 bits per heavy atom. The van der Waals surface area contributed by atoms with Gasteiger partial charge in [-0.05, 0) is 31.2 Å². The van der Waals surface area contributed by atoms with Gasteiger partial charge in [0.05, 0.1) is 31.4 Å². The molecule has 3 rings (SSSR count). The van der Waals surface area contributed by atoms with Gasteiger partial charge in [0, 0.05) is 29.3 Å². The Bertz CT molecular complexity index is 1080. The van der Waals surface area contributed by atoms with E-state index < -0.39 is 11.8 Å². The molecule has 2 aromatic carbocycles. The number of carbonyl (C=O) groups is 2. The largest absolute Gasteiger partial charge is 0.493 e.